The Morgan fingerprint density at radius 2 is 1.95 bits per heavy atom. The smallest absolute Gasteiger partial charge is 0.177 e. The summed E-state index contributed by atoms with van der Waals surface area (Å²) in [6.45, 7) is 2.71. The third kappa shape index (κ3) is 3.11. The molecule has 0 radical (unpaired) electrons. The van der Waals surface area contributed by atoms with E-state index in [0.29, 0.717) is 12.5 Å². The second-order valence-corrected chi connectivity index (χ2v) is 5.27. The number of aromatic nitrogens is 4. The molecule has 2 heterocycles. The highest BCUT2D eigenvalue weighted by atomic mass is 35.5. The number of rotatable bonds is 3. The second-order valence-electron chi connectivity index (χ2n) is 4.83. The van der Waals surface area contributed by atoms with Gasteiger partial charge in [-0.1, -0.05) is 23.7 Å². The van der Waals surface area contributed by atoms with Gasteiger partial charge in [-0.2, -0.15) is 4.80 Å². The Kier molecular flexibility index (Phi) is 3.75. The van der Waals surface area contributed by atoms with Gasteiger partial charge in [0.25, 0.3) is 0 Å². The van der Waals surface area contributed by atoms with E-state index in [9.17, 15) is 0 Å². The third-order valence-electron chi connectivity index (χ3n) is 3.41. The molecule has 2 aromatic rings. The van der Waals surface area contributed by atoms with Gasteiger partial charge in [-0.25, -0.2) is 0 Å². The van der Waals surface area contributed by atoms with Gasteiger partial charge in [-0.15, -0.1) is 10.2 Å². The first-order valence-corrected chi connectivity index (χ1v) is 6.92. The van der Waals surface area contributed by atoms with Gasteiger partial charge in [-0.05, 0) is 48.8 Å². The first-order valence-electron chi connectivity index (χ1n) is 6.54. The Balaban J connectivity index is 1.68. The highest BCUT2D eigenvalue weighted by Crippen LogP contribution is 2.21. The molecule has 100 valence electrons. The number of hydrogen-bond donors (Lipinski definition) is 1. The molecular weight excluding hydrogens is 262 g/mol. The van der Waals surface area contributed by atoms with E-state index in [0.717, 1.165) is 42.3 Å². The monoisotopic (exact) mass is 277 g/mol. The number of benzene rings is 1. The molecule has 0 aliphatic carbocycles. The molecule has 1 aliphatic rings. The summed E-state index contributed by atoms with van der Waals surface area (Å²) in [6.07, 6.45) is 2.18. The van der Waals surface area contributed by atoms with Crippen LogP contribution in [-0.4, -0.2) is 33.3 Å². The standard InChI is InChI=1S/C13H16ClN5/c14-12-3-1-10(2-4-12)9-19-17-13(16-18-19)11-5-7-15-8-6-11/h1-4,11,15H,5-9H2. The molecule has 3 rings (SSSR count). The maximum Gasteiger partial charge on any atom is 0.177 e. The van der Waals surface area contributed by atoms with E-state index in [1.807, 2.05) is 24.3 Å². The summed E-state index contributed by atoms with van der Waals surface area (Å²) >= 11 is 5.86. The fourth-order valence-electron chi connectivity index (χ4n) is 2.32. The zero-order chi connectivity index (χ0) is 13.1. The number of nitrogens with zero attached hydrogens (tertiary/aromatic N) is 4. The molecule has 0 spiro atoms. The van der Waals surface area contributed by atoms with Crippen LogP contribution in [0, 0.1) is 0 Å². The van der Waals surface area contributed by atoms with Gasteiger partial charge in [0, 0.05) is 10.9 Å². The predicted molar refractivity (Wildman–Crippen MR) is 73.2 cm³/mol. The van der Waals surface area contributed by atoms with Gasteiger partial charge in [-0.3, -0.25) is 0 Å². The summed E-state index contributed by atoms with van der Waals surface area (Å²) in [5, 5.41) is 16.9. The van der Waals surface area contributed by atoms with Crippen molar-refractivity contribution in [2.45, 2.75) is 25.3 Å². The van der Waals surface area contributed by atoms with Crippen molar-refractivity contribution in [2.24, 2.45) is 0 Å². The van der Waals surface area contributed by atoms with E-state index in [-0.39, 0.29) is 0 Å². The normalized spacial score (nSPS) is 16.7. The maximum absolute atomic E-state index is 5.86. The minimum atomic E-state index is 0.445. The van der Waals surface area contributed by atoms with Crippen LogP contribution in [0.5, 0.6) is 0 Å². The number of tetrazole rings is 1. The summed E-state index contributed by atoms with van der Waals surface area (Å²) in [4.78, 5) is 1.65. The molecule has 5 nitrogen and oxygen atoms in total. The van der Waals surface area contributed by atoms with Gasteiger partial charge in [0.05, 0.1) is 6.54 Å². The van der Waals surface area contributed by atoms with Crippen molar-refractivity contribution in [2.75, 3.05) is 13.1 Å². The Morgan fingerprint density at radius 3 is 2.68 bits per heavy atom. The first-order chi connectivity index (χ1) is 9.31. The van der Waals surface area contributed by atoms with Crippen LogP contribution in [0.25, 0.3) is 0 Å². The van der Waals surface area contributed by atoms with E-state index in [2.05, 4.69) is 20.7 Å². The van der Waals surface area contributed by atoms with Gasteiger partial charge in [0.2, 0.25) is 0 Å². The van der Waals surface area contributed by atoms with Crippen molar-refractivity contribution in [1.29, 1.82) is 0 Å². The van der Waals surface area contributed by atoms with Crippen molar-refractivity contribution in [3.63, 3.8) is 0 Å². The Bertz CT molecular complexity index is 530. The topological polar surface area (TPSA) is 55.6 Å². The highest BCUT2D eigenvalue weighted by Gasteiger charge is 2.19. The van der Waals surface area contributed by atoms with Crippen LogP contribution in [0.1, 0.15) is 30.1 Å². The molecule has 0 atom stereocenters. The zero-order valence-corrected chi connectivity index (χ0v) is 11.3. The van der Waals surface area contributed by atoms with Crippen molar-refractivity contribution in [3.05, 3.63) is 40.7 Å². The Morgan fingerprint density at radius 1 is 1.21 bits per heavy atom. The largest absolute Gasteiger partial charge is 0.317 e. The van der Waals surface area contributed by atoms with Crippen molar-refractivity contribution in [3.8, 4) is 0 Å². The Hall–Kier alpha value is -1.46. The third-order valence-corrected chi connectivity index (χ3v) is 3.66. The zero-order valence-electron chi connectivity index (χ0n) is 10.6. The number of nitrogens with one attached hydrogen (secondary N) is 1. The van der Waals surface area contributed by atoms with Crippen LogP contribution in [0.4, 0.5) is 0 Å². The minimum Gasteiger partial charge on any atom is -0.317 e. The molecule has 0 bridgehead atoms. The molecule has 0 amide bonds. The number of halogens is 1. The molecule has 1 aromatic heterocycles. The van der Waals surface area contributed by atoms with Crippen molar-refractivity contribution >= 4 is 11.6 Å². The highest BCUT2D eigenvalue weighted by molar-refractivity contribution is 6.30. The maximum atomic E-state index is 5.86. The van der Waals surface area contributed by atoms with E-state index >= 15 is 0 Å². The summed E-state index contributed by atoms with van der Waals surface area (Å²) in [6, 6.07) is 7.72. The molecule has 1 N–H and O–H groups in total. The predicted octanol–water partition coefficient (Wildman–Crippen LogP) is 1.84. The second kappa shape index (κ2) is 5.67. The van der Waals surface area contributed by atoms with Crippen LogP contribution >= 0.6 is 11.6 Å². The summed E-state index contributed by atoms with van der Waals surface area (Å²) < 4.78 is 0. The number of hydrogen-bond acceptors (Lipinski definition) is 4. The molecule has 0 saturated carbocycles. The fourth-order valence-corrected chi connectivity index (χ4v) is 2.45. The van der Waals surface area contributed by atoms with E-state index in [4.69, 9.17) is 11.6 Å². The summed E-state index contributed by atoms with van der Waals surface area (Å²) in [5.41, 5.74) is 1.12. The van der Waals surface area contributed by atoms with Gasteiger partial charge >= 0.3 is 0 Å². The summed E-state index contributed by atoms with van der Waals surface area (Å²) in [5.74, 6) is 1.32. The van der Waals surface area contributed by atoms with Crippen LogP contribution in [0.15, 0.2) is 24.3 Å². The van der Waals surface area contributed by atoms with Crippen molar-refractivity contribution < 1.29 is 0 Å². The van der Waals surface area contributed by atoms with Gasteiger partial charge in [0.15, 0.2) is 5.82 Å². The van der Waals surface area contributed by atoms with Crippen LogP contribution in [0.2, 0.25) is 5.02 Å². The molecule has 1 fully saturated rings. The lowest BCUT2D eigenvalue weighted by molar-refractivity contribution is 0.442. The number of piperidine rings is 1. The summed E-state index contributed by atoms with van der Waals surface area (Å²) in [7, 11) is 0. The molecule has 1 aliphatic heterocycles. The average Bonchev–Trinajstić information content (AvgIpc) is 2.91. The van der Waals surface area contributed by atoms with Crippen LogP contribution in [0.3, 0.4) is 0 Å². The van der Waals surface area contributed by atoms with E-state index in [1.54, 1.807) is 4.80 Å². The van der Waals surface area contributed by atoms with Gasteiger partial charge < -0.3 is 5.32 Å². The minimum absolute atomic E-state index is 0.445. The molecule has 6 heteroatoms. The lowest BCUT2D eigenvalue weighted by atomic mass is 9.98. The van der Waals surface area contributed by atoms with Crippen molar-refractivity contribution in [1.82, 2.24) is 25.5 Å². The lowest BCUT2D eigenvalue weighted by Crippen LogP contribution is -2.27. The lowest BCUT2D eigenvalue weighted by Gasteiger charge is -2.19. The molecule has 1 aromatic carbocycles. The SMILES string of the molecule is Clc1ccc(Cn2nnc(C3CCNCC3)n2)cc1. The average molecular weight is 278 g/mol. The quantitative estimate of drug-likeness (QED) is 0.930. The molecule has 0 unspecified atom stereocenters. The van der Waals surface area contributed by atoms with Crippen LogP contribution in [-0.2, 0) is 6.54 Å². The van der Waals surface area contributed by atoms with Crippen LogP contribution < -0.4 is 5.32 Å². The first kappa shape index (κ1) is 12.6. The molecule has 19 heavy (non-hydrogen) atoms. The van der Waals surface area contributed by atoms with E-state index < -0.39 is 0 Å². The van der Waals surface area contributed by atoms with E-state index in [1.165, 1.54) is 0 Å². The molecular formula is C13H16ClN5. The molecule has 1 saturated heterocycles. The fraction of sp³-hybridized carbons (Fsp3) is 0.462. The Labute approximate surface area is 117 Å². The van der Waals surface area contributed by atoms with Gasteiger partial charge in [0.1, 0.15) is 0 Å².